The minimum absolute atomic E-state index is 0.0295. The molecule has 2 fully saturated rings. The second-order valence-electron chi connectivity index (χ2n) is 7.38. The molecular formula is C18H18F3N3O3. The molecule has 1 atom stereocenters. The number of nitrogens with zero attached hydrogens (tertiary/aromatic N) is 1. The fourth-order valence-corrected chi connectivity index (χ4v) is 3.96. The maximum atomic E-state index is 12.8. The molecule has 2 N–H and O–H groups in total. The maximum absolute atomic E-state index is 12.8. The average molecular weight is 381 g/mol. The number of fused-ring (bicyclic) bond motifs is 1. The predicted octanol–water partition coefficient (Wildman–Crippen LogP) is 2.32. The maximum Gasteiger partial charge on any atom is 0.416 e. The van der Waals surface area contributed by atoms with Gasteiger partial charge in [-0.1, -0.05) is 6.07 Å². The third kappa shape index (κ3) is 3.15. The van der Waals surface area contributed by atoms with Gasteiger partial charge >= 0.3 is 12.2 Å². The molecule has 6 nitrogen and oxygen atoms in total. The number of amides is 4. The molecule has 0 spiro atoms. The first-order valence-electron chi connectivity index (χ1n) is 8.79. The lowest BCUT2D eigenvalue weighted by molar-refractivity contribution is -0.137. The van der Waals surface area contributed by atoms with Crippen LogP contribution in [-0.4, -0.2) is 28.3 Å². The van der Waals surface area contributed by atoms with Crippen LogP contribution in [0.3, 0.4) is 0 Å². The van der Waals surface area contributed by atoms with E-state index in [1.807, 2.05) is 0 Å². The molecule has 0 aromatic heterocycles. The molecular weight excluding hydrogens is 363 g/mol. The molecule has 3 aliphatic rings. The highest BCUT2D eigenvalue weighted by atomic mass is 19.4. The SMILES string of the molecule is O=C1NC(=O)[C@](CCC(=O)N2Cc3ccc(C(F)(F)F)cc3C2)(C2CC2)N1. The van der Waals surface area contributed by atoms with Crippen LogP contribution in [-0.2, 0) is 28.9 Å². The third-order valence-corrected chi connectivity index (χ3v) is 5.59. The summed E-state index contributed by atoms with van der Waals surface area (Å²) in [5.41, 5.74) is -0.585. The molecule has 4 amide bonds. The number of urea groups is 1. The van der Waals surface area contributed by atoms with Crippen LogP contribution in [0.1, 0.15) is 42.4 Å². The summed E-state index contributed by atoms with van der Waals surface area (Å²) in [6.07, 6.45) is -2.55. The van der Waals surface area contributed by atoms with Crippen molar-refractivity contribution in [2.45, 2.75) is 50.5 Å². The van der Waals surface area contributed by atoms with Crippen LogP contribution < -0.4 is 10.6 Å². The van der Waals surface area contributed by atoms with Crippen molar-refractivity contribution in [2.75, 3.05) is 0 Å². The Morgan fingerprint density at radius 3 is 2.48 bits per heavy atom. The Kier molecular flexibility index (Phi) is 3.94. The zero-order valence-electron chi connectivity index (χ0n) is 14.4. The standard InChI is InChI=1S/C18H18F3N3O3/c19-18(20,21)13-2-1-10-8-24(9-11(10)7-13)14(25)5-6-17(12-3-4-12)15(26)22-16(27)23-17/h1-2,7,12H,3-6,8-9H2,(H2,22,23,26,27)/t17-/m0/s1. The molecule has 2 heterocycles. The molecule has 1 aliphatic carbocycles. The molecule has 1 aromatic rings. The van der Waals surface area contributed by atoms with E-state index in [-0.39, 0.29) is 37.8 Å². The third-order valence-electron chi connectivity index (χ3n) is 5.59. The highest BCUT2D eigenvalue weighted by Gasteiger charge is 2.55. The lowest BCUT2D eigenvalue weighted by atomic mass is 9.88. The second kappa shape index (κ2) is 5.97. The summed E-state index contributed by atoms with van der Waals surface area (Å²) in [7, 11) is 0. The average Bonchev–Trinajstić information content (AvgIpc) is 3.28. The first-order chi connectivity index (χ1) is 12.7. The molecule has 27 heavy (non-hydrogen) atoms. The Balaban J connectivity index is 1.42. The van der Waals surface area contributed by atoms with Crippen LogP contribution in [0, 0.1) is 5.92 Å². The van der Waals surface area contributed by atoms with E-state index in [2.05, 4.69) is 10.6 Å². The van der Waals surface area contributed by atoms with Gasteiger partial charge in [-0.2, -0.15) is 13.2 Å². The number of halogens is 3. The monoisotopic (exact) mass is 381 g/mol. The molecule has 0 unspecified atom stereocenters. The fourth-order valence-electron chi connectivity index (χ4n) is 3.96. The van der Waals surface area contributed by atoms with Crippen LogP contribution >= 0.6 is 0 Å². The minimum atomic E-state index is -4.42. The Morgan fingerprint density at radius 2 is 1.89 bits per heavy atom. The summed E-state index contributed by atoms with van der Waals surface area (Å²) in [4.78, 5) is 37.8. The number of carbonyl (C=O) groups excluding carboxylic acids is 3. The number of benzene rings is 1. The van der Waals surface area contributed by atoms with Crippen molar-refractivity contribution in [2.24, 2.45) is 5.92 Å². The molecule has 1 saturated carbocycles. The largest absolute Gasteiger partial charge is 0.416 e. The Bertz CT molecular complexity index is 835. The molecule has 0 radical (unpaired) electrons. The number of hydrogen-bond donors (Lipinski definition) is 2. The fraction of sp³-hybridized carbons (Fsp3) is 0.500. The van der Waals surface area contributed by atoms with Crippen LogP contribution in [0.15, 0.2) is 18.2 Å². The number of rotatable bonds is 4. The van der Waals surface area contributed by atoms with Gasteiger partial charge in [0.1, 0.15) is 5.54 Å². The Labute approximate surface area is 153 Å². The van der Waals surface area contributed by atoms with E-state index in [9.17, 15) is 27.6 Å². The smallest absolute Gasteiger partial charge is 0.334 e. The van der Waals surface area contributed by atoms with Gasteiger partial charge in [0.05, 0.1) is 5.56 Å². The highest BCUT2D eigenvalue weighted by Crippen LogP contribution is 2.44. The van der Waals surface area contributed by atoms with Crippen molar-refractivity contribution in [3.8, 4) is 0 Å². The van der Waals surface area contributed by atoms with E-state index < -0.39 is 29.2 Å². The molecule has 1 aromatic carbocycles. The quantitative estimate of drug-likeness (QED) is 0.786. The van der Waals surface area contributed by atoms with Gasteiger partial charge in [-0.3, -0.25) is 14.9 Å². The van der Waals surface area contributed by atoms with Crippen LogP contribution in [0.25, 0.3) is 0 Å². The van der Waals surface area contributed by atoms with Crippen molar-refractivity contribution in [1.82, 2.24) is 15.5 Å². The van der Waals surface area contributed by atoms with E-state index in [1.54, 1.807) is 0 Å². The van der Waals surface area contributed by atoms with Crippen molar-refractivity contribution in [3.63, 3.8) is 0 Å². The van der Waals surface area contributed by atoms with Gasteiger partial charge in [0.2, 0.25) is 5.91 Å². The van der Waals surface area contributed by atoms with Gasteiger partial charge in [-0.05, 0) is 48.4 Å². The number of nitrogens with one attached hydrogen (secondary N) is 2. The van der Waals surface area contributed by atoms with Crippen molar-refractivity contribution >= 4 is 17.8 Å². The van der Waals surface area contributed by atoms with Crippen LogP contribution in [0.2, 0.25) is 0 Å². The zero-order chi connectivity index (χ0) is 19.4. The summed E-state index contributed by atoms with van der Waals surface area (Å²) in [6, 6.07) is 2.96. The first kappa shape index (κ1) is 17.8. The second-order valence-corrected chi connectivity index (χ2v) is 7.38. The predicted molar refractivity (Wildman–Crippen MR) is 87.1 cm³/mol. The Hall–Kier alpha value is -2.58. The zero-order valence-corrected chi connectivity index (χ0v) is 14.4. The van der Waals surface area contributed by atoms with Crippen molar-refractivity contribution in [1.29, 1.82) is 0 Å². The Morgan fingerprint density at radius 1 is 1.19 bits per heavy atom. The summed E-state index contributed by atoms with van der Waals surface area (Å²) in [5, 5.41) is 4.91. The van der Waals surface area contributed by atoms with E-state index in [0.29, 0.717) is 11.1 Å². The molecule has 144 valence electrons. The van der Waals surface area contributed by atoms with E-state index in [1.165, 1.54) is 11.0 Å². The van der Waals surface area contributed by atoms with Gasteiger partial charge in [-0.15, -0.1) is 0 Å². The van der Waals surface area contributed by atoms with E-state index in [4.69, 9.17) is 0 Å². The topological polar surface area (TPSA) is 78.5 Å². The summed E-state index contributed by atoms with van der Waals surface area (Å²) in [5.74, 6) is -0.613. The van der Waals surface area contributed by atoms with Gasteiger partial charge in [0.15, 0.2) is 0 Å². The lowest BCUT2D eigenvalue weighted by Gasteiger charge is -2.26. The number of imide groups is 1. The summed E-state index contributed by atoms with van der Waals surface area (Å²) < 4.78 is 38.5. The number of alkyl halides is 3. The molecule has 0 bridgehead atoms. The van der Waals surface area contributed by atoms with Gasteiger partial charge in [0, 0.05) is 19.5 Å². The van der Waals surface area contributed by atoms with Crippen LogP contribution in [0.4, 0.5) is 18.0 Å². The summed E-state index contributed by atoms with van der Waals surface area (Å²) in [6.45, 7) is 0.369. The van der Waals surface area contributed by atoms with Crippen molar-refractivity contribution < 1.29 is 27.6 Å². The molecule has 2 aliphatic heterocycles. The molecule has 1 saturated heterocycles. The van der Waals surface area contributed by atoms with E-state index in [0.717, 1.165) is 25.0 Å². The highest BCUT2D eigenvalue weighted by molar-refractivity contribution is 6.07. The molecule has 4 rings (SSSR count). The van der Waals surface area contributed by atoms with Crippen LogP contribution in [0.5, 0.6) is 0 Å². The number of carbonyl (C=O) groups is 3. The van der Waals surface area contributed by atoms with Crippen molar-refractivity contribution in [3.05, 3.63) is 34.9 Å². The van der Waals surface area contributed by atoms with Gasteiger partial charge in [-0.25, -0.2) is 4.79 Å². The summed E-state index contributed by atoms with van der Waals surface area (Å²) >= 11 is 0. The molecule has 9 heteroatoms. The minimum Gasteiger partial charge on any atom is -0.334 e. The van der Waals surface area contributed by atoms with E-state index >= 15 is 0 Å². The first-order valence-corrected chi connectivity index (χ1v) is 8.79. The van der Waals surface area contributed by atoms with Gasteiger partial charge < -0.3 is 10.2 Å². The number of hydrogen-bond acceptors (Lipinski definition) is 3. The van der Waals surface area contributed by atoms with Gasteiger partial charge in [0.25, 0.3) is 5.91 Å². The lowest BCUT2D eigenvalue weighted by Crippen LogP contribution is -2.49. The normalized spacial score (nSPS) is 24.6.